The largest absolute Gasteiger partial charge is 0.393 e. The van der Waals surface area contributed by atoms with Crippen LogP contribution >= 0.6 is 23.2 Å². The lowest BCUT2D eigenvalue weighted by Crippen LogP contribution is -2.22. The molecule has 2 rings (SSSR count). The molecule has 0 aliphatic carbocycles. The summed E-state index contributed by atoms with van der Waals surface area (Å²) in [5.41, 5.74) is 7.42. The van der Waals surface area contributed by atoms with Gasteiger partial charge in [0.1, 0.15) is 5.69 Å². The molecule has 0 spiro atoms. The maximum absolute atomic E-state index is 12.4. The Morgan fingerprint density at radius 1 is 1.25 bits per heavy atom. The van der Waals surface area contributed by atoms with Crippen LogP contribution in [0.1, 0.15) is 26.0 Å². The Morgan fingerprint density at radius 3 is 2.50 bits per heavy atom. The highest BCUT2D eigenvalue weighted by Crippen LogP contribution is 2.25. The van der Waals surface area contributed by atoms with Gasteiger partial charge in [0.15, 0.2) is 0 Å². The van der Waals surface area contributed by atoms with E-state index >= 15 is 0 Å². The lowest BCUT2D eigenvalue weighted by molar-refractivity contribution is 0.516. The SMILES string of the molecule is CCCn1c(CC)c(N)c(=O)n1-c1ccc(Cl)cc1Cl. The zero-order chi connectivity index (χ0) is 14.9. The molecule has 0 unspecified atom stereocenters. The molecule has 0 aliphatic rings. The highest BCUT2D eigenvalue weighted by atomic mass is 35.5. The topological polar surface area (TPSA) is 52.9 Å². The van der Waals surface area contributed by atoms with Crippen LogP contribution in [0, 0.1) is 0 Å². The summed E-state index contributed by atoms with van der Waals surface area (Å²) in [6.07, 6.45) is 1.59. The van der Waals surface area contributed by atoms with Crippen LogP contribution in [0.2, 0.25) is 10.0 Å². The van der Waals surface area contributed by atoms with Crippen molar-refractivity contribution < 1.29 is 0 Å². The van der Waals surface area contributed by atoms with Crippen LogP contribution in [0.4, 0.5) is 5.69 Å². The molecule has 6 heteroatoms. The minimum atomic E-state index is -0.237. The van der Waals surface area contributed by atoms with Gasteiger partial charge in [0, 0.05) is 11.6 Å². The van der Waals surface area contributed by atoms with Crippen molar-refractivity contribution in [3.05, 3.63) is 44.3 Å². The molecule has 0 saturated heterocycles. The van der Waals surface area contributed by atoms with Gasteiger partial charge in [-0.1, -0.05) is 37.0 Å². The van der Waals surface area contributed by atoms with Crippen molar-refractivity contribution in [3.63, 3.8) is 0 Å². The van der Waals surface area contributed by atoms with Crippen molar-refractivity contribution in [3.8, 4) is 5.69 Å². The molecule has 2 aromatic rings. The zero-order valence-electron chi connectivity index (χ0n) is 11.5. The summed E-state index contributed by atoms with van der Waals surface area (Å²) >= 11 is 12.1. The summed E-state index contributed by atoms with van der Waals surface area (Å²) in [4.78, 5) is 12.4. The van der Waals surface area contributed by atoms with Crippen molar-refractivity contribution in [1.29, 1.82) is 0 Å². The van der Waals surface area contributed by atoms with Crippen LogP contribution in [-0.4, -0.2) is 9.36 Å². The number of nitrogens with two attached hydrogens (primary N) is 1. The minimum absolute atomic E-state index is 0.237. The van der Waals surface area contributed by atoms with E-state index in [1.54, 1.807) is 18.2 Å². The third-order valence-electron chi connectivity index (χ3n) is 3.19. The van der Waals surface area contributed by atoms with Gasteiger partial charge in [-0.2, -0.15) is 0 Å². The summed E-state index contributed by atoms with van der Waals surface area (Å²) in [7, 11) is 0. The van der Waals surface area contributed by atoms with Crippen molar-refractivity contribution in [2.75, 3.05) is 5.73 Å². The fourth-order valence-electron chi connectivity index (χ4n) is 2.32. The van der Waals surface area contributed by atoms with Gasteiger partial charge in [-0.05, 0) is 31.0 Å². The van der Waals surface area contributed by atoms with Crippen LogP contribution < -0.4 is 11.3 Å². The maximum Gasteiger partial charge on any atom is 0.294 e. The third-order valence-corrected chi connectivity index (χ3v) is 3.73. The smallest absolute Gasteiger partial charge is 0.294 e. The second-order valence-corrected chi connectivity index (χ2v) is 5.39. The molecule has 0 radical (unpaired) electrons. The monoisotopic (exact) mass is 313 g/mol. The summed E-state index contributed by atoms with van der Waals surface area (Å²) in [5.74, 6) is 0. The Bertz CT molecular complexity index is 688. The van der Waals surface area contributed by atoms with E-state index in [9.17, 15) is 4.79 Å². The van der Waals surface area contributed by atoms with E-state index in [2.05, 4.69) is 0 Å². The first-order valence-electron chi connectivity index (χ1n) is 6.56. The summed E-state index contributed by atoms with van der Waals surface area (Å²) in [6, 6.07) is 5.06. The normalized spacial score (nSPS) is 11.0. The second kappa shape index (κ2) is 5.94. The Labute approximate surface area is 127 Å². The molecule has 0 fully saturated rings. The lowest BCUT2D eigenvalue weighted by Gasteiger charge is -2.14. The van der Waals surface area contributed by atoms with Gasteiger partial charge >= 0.3 is 0 Å². The highest BCUT2D eigenvalue weighted by Gasteiger charge is 2.18. The molecule has 108 valence electrons. The predicted octanol–water partition coefficient (Wildman–Crippen LogP) is 3.50. The Hall–Kier alpha value is -1.39. The minimum Gasteiger partial charge on any atom is -0.393 e. The molecule has 2 N–H and O–H groups in total. The van der Waals surface area contributed by atoms with Crippen LogP contribution in [0.5, 0.6) is 0 Å². The average Bonchev–Trinajstić information content (AvgIpc) is 2.63. The van der Waals surface area contributed by atoms with Gasteiger partial charge in [0.2, 0.25) is 0 Å². The average molecular weight is 314 g/mol. The van der Waals surface area contributed by atoms with Gasteiger partial charge in [0.05, 0.1) is 16.4 Å². The van der Waals surface area contributed by atoms with E-state index in [1.807, 2.05) is 18.5 Å². The van der Waals surface area contributed by atoms with Crippen molar-refractivity contribution >= 4 is 28.9 Å². The molecule has 0 saturated carbocycles. The van der Waals surface area contributed by atoms with Crippen LogP contribution in [0.15, 0.2) is 23.0 Å². The lowest BCUT2D eigenvalue weighted by atomic mass is 10.3. The van der Waals surface area contributed by atoms with Gasteiger partial charge in [0.25, 0.3) is 5.56 Å². The van der Waals surface area contributed by atoms with Gasteiger partial charge in [-0.25, -0.2) is 4.68 Å². The number of benzene rings is 1. The Balaban J connectivity index is 2.75. The van der Waals surface area contributed by atoms with Crippen molar-refractivity contribution in [2.45, 2.75) is 33.2 Å². The fraction of sp³-hybridized carbons (Fsp3) is 0.357. The van der Waals surface area contributed by atoms with E-state index in [-0.39, 0.29) is 11.2 Å². The molecule has 0 aliphatic heterocycles. The molecule has 1 aromatic heterocycles. The Kier molecular flexibility index (Phi) is 4.45. The van der Waals surface area contributed by atoms with Crippen LogP contribution in [-0.2, 0) is 13.0 Å². The van der Waals surface area contributed by atoms with E-state index in [4.69, 9.17) is 28.9 Å². The number of aromatic nitrogens is 2. The van der Waals surface area contributed by atoms with E-state index in [0.29, 0.717) is 28.7 Å². The summed E-state index contributed by atoms with van der Waals surface area (Å²) in [5, 5.41) is 0.959. The number of rotatable bonds is 4. The number of nitrogens with zero attached hydrogens (tertiary/aromatic N) is 2. The number of hydrogen-bond donors (Lipinski definition) is 1. The van der Waals surface area contributed by atoms with E-state index < -0.39 is 0 Å². The van der Waals surface area contributed by atoms with Gasteiger partial charge in [-0.15, -0.1) is 0 Å². The molecular weight excluding hydrogens is 297 g/mol. The van der Waals surface area contributed by atoms with Gasteiger partial charge in [-0.3, -0.25) is 9.48 Å². The first-order valence-corrected chi connectivity index (χ1v) is 7.32. The number of anilines is 1. The molecular formula is C14H17Cl2N3O. The van der Waals surface area contributed by atoms with Crippen LogP contribution in [0.3, 0.4) is 0 Å². The van der Waals surface area contributed by atoms with Crippen molar-refractivity contribution in [1.82, 2.24) is 9.36 Å². The highest BCUT2D eigenvalue weighted by molar-refractivity contribution is 6.35. The molecule has 1 aromatic carbocycles. The standard InChI is InChI=1S/C14H17Cl2N3O/c1-3-7-18-11(4-2)13(17)14(20)19(18)12-6-5-9(15)8-10(12)16/h5-6,8H,3-4,7,17H2,1-2H3. The molecule has 0 atom stereocenters. The second-order valence-electron chi connectivity index (χ2n) is 4.55. The molecule has 0 amide bonds. The summed E-state index contributed by atoms with van der Waals surface area (Å²) < 4.78 is 3.43. The first-order chi connectivity index (χ1) is 9.51. The molecule has 1 heterocycles. The van der Waals surface area contributed by atoms with E-state index in [0.717, 1.165) is 12.1 Å². The summed E-state index contributed by atoms with van der Waals surface area (Å²) in [6.45, 7) is 4.73. The van der Waals surface area contributed by atoms with Crippen molar-refractivity contribution in [2.24, 2.45) is 0 Å². The fourth-order valence-corrected chi connectivity index (χ4v) is 2.81. The molecule has 4 nitrogen and oxygen atoms in total. The number of hydrogen-bond acceptors (Lipinski definition) is 2. The zero-order valence-corrected chi connectivity index (χ0v) is 13.0. The van der Waals surface area contributed by atoms with Crippen LogP contribution in [0.25, 0.3) is 5.69 Å². The number of halogens is 2. The quantitative estimate of drug-likeness (QED) is 0.939. The Morgan fingerprint density at radius 2 is 1.95 bits per heavy atom. The van der Waals surface area contributed by atoms with E-state index in [1.165, 1.54) is 4.68 Å². The first kappa shape index (κ1) is 15.0. The maximum atomic E-state index is 12.4. The molecule has 0 bridgehead atoms. The predicted molar refractivity (Wildman–Crippen MR) is 84.1 cm³/mol. The third kappa shape index (κ3) is 2.45. The van der Waals surface area contributed by atoms with Gasteiger partial charge < -0.3 is 5.73 Å². The molecule has 20 heavy (non-hydrogen) atoms. The number of nitrogen functional groups attached to an aromatic ring is 1.